The lowest BCUT2D eigenvalue weighted by atomic mass is 9.87. The summed E-state index contributed by atoms with van der Waals surface area (Å²) in [4.78, 5) is 22.4. The lowest BCUT2D eigenvalue weighted by molar-refractivity contribution is -0.126. The third-order valence-electron chi connectivity index (χ3n) is 8.11. The van der Waals surface area contributed by atoms with Crippen LogP contribution in [-0.4, -0.2) is 52.0 Å². The van der Waals surface area contributed by atoms with E-state index < -0.39 is 0 Å². The molecule has 3 aromatic rings. The number of hydrogen-bond acceptors (Lipinski definition) is 6. The van der Waals surface area contributed by atoms with Gasteiger partial charge in [-0.3, -0.25) is 14.6 Å². The summed E-state index contributed by atoms with van der Waals surface area (Å²) in [6, 6.07) is 17.1. The number of piperidine rings is 2. The van der Waals surface area contributed by atoms with E-state index in [1.807, 2.05) is 0 Å². The maximum atomic E-state index is 12.9. The fraction of sp³-hybridized carbons (Fsp3) is 0.531. The topological polar surface area (TPSA) is 74.5 Å². The van der Waals surface area contributed by atoms with Gasteiger partial charge in [0.05, 0.1) is 6.54 Å². The van der Waals surface area contributed by atoms with Crippen LogP contribution in [0.25, 0.3) is 11.4 Å². The van der Waals surface area contributed by atoms with Crippen LogP contribution in [0.15, 0.2) is 53.1 Å². The molecule has 0 aliphatic carbocycles. The van der Waals surface area contributed by atoms with Crippen molar-refractivity contribution in [1.29, 1.82) is 0 Å². The summed E-state index contributed by atoms with van der Waals surface area (Å²) < 4.78 is 5.55. The van der Waals surface area contributed by atoms with Crippen LogP contribution in [0.1, 0.15) is 75.5 Å². The first kappa shape index (κ1) is 27.5. The lowest BCUT2D eigenvalue weighted by Crippen LogP contribution is -2.40. The maximum absolute atomic E-state index is 12.9. The van der Waals surface area contributed by atoms with Gasteiger partial charge in [-0.1, -0.05) is 80.9 Å². The third-order valence-corrected chi connectivity index (χ3v) is 8.11. The van der Waals surface area contributed by atoms with Gasteiger partial charge in [0, 0.05) is 24.6 Å². The van der Waals surface area contributed by atoms with Gasteiger partial charge in [0.2, 0.25) is 17.6 Å². The number of hydrogen-bond donors (Lipinski definition) is 1. The molecule has 2 fully saturated rings. The summed E-state index contributed by atoms with van der Waals surface area (Å²) in [5.41, 5.74) is 4.87. The van der Waals surface area contributed by atoms with E-state index in [1.165, 1.54) is 49.0 Å². The van der Waals surface area contributed by atoms with Gasteiger partial charge in [-0.15, -0.1) is 0 Å². The van der Waals surface area contributed by atoms with E-state index in [9.17, 15) is 4.79 Å². The van der Waals surface area contributed by atoms with Gasteiger partial charge in [0.25, 0.3) is 0 Å². The van der Waals surface area contributed by atoms with Crippen LogP contribution in [-0.2, 0) is 29.8 Å². The molecule has 0 bridgehead atoms. The first-order valence-electron chi connectivity index (χ1n) is 14.6. The molecule has 5 rings (SSSR count). The molecule has 2 saturated heterocycles. The Balaban J connectivity index is 1.06. The molecule has 39 heavy (non-hydrogen) atoms. The zero-order valence-corrected chi connectivity index (χ0v) is 23.8. The molecule has 7 nitrogen and oxygen atoms in total. The van der Waals surface area contributed by atoms with Gasteiger partial charge in [0.15, 0.2) is 0 Å². The summed E-state index contributed by atoms with van der Waals surface area (Å²) in [6.45, 7) is 12.9. The summed E-state index contributed by atoms with van der Waals surface area (Å²) in [5, 5.41) is 7.39. The monoisotopic (exact) mass is 529 g/mol. The first-order valence-corrected chi connectivity index (χ1v) is 14.6. The van der Waals surface area contributed by atoms with E-state index in [2.05, 4.69) is 94.6 Å². The van der Waals surface area contributed by atoms with Crippen molar-refractivity contribution in [2.75, 3.05) is 26.2 Å². The Labute approximate surface area is 233 Å². The summed E-state index contributed by atoms with van der Waals surface area (Å²) >= 11 is 0. The molecule has 0 spiro atoms. The van der Waals surface area contributed by atoms with Crippen LogP contribution in [0.3, 0.4) is 0 Å². The second kappa shape index (κ2) is 12.4. The van der Waals surface area contributed by atoms with Crippen molar-refractivity contribution in [2.45, 2.75) is 77.9 Å². The first-order chi connectivity index (χ1) is 18.8. The van der Waals surface area contributed by atoms with Gasteiger partial charge in [-0.25, -0.2) is 0 Å². The highest BCUT2D eigenvalue weighted by Gasteiger charge is 2.26. The molecule has 0 atom stereocenters. The highest BCUT2D eigenvalue weighted by Crippen LogP contribution is 2.26. The van der Waals surface area contributed by atoms with Gasteiger partial charge in [-0.2, -0.15) is 4.98 Å². The Hall–Kier alpha value is -3.03. The Bertz CT molecular complexity index is 1220. The number of carbonyl (C=O) groups is 1. The minimum Gasteiger partial charge on any atom is -0.352 e. The Morgan fingerprint density at radius 1 is 0.923 bits per heavy atom. The summed E-state index contributed by atoms with van der Waals surface area (Å²) in [6.07, 6.45) is 5.64. The third kappa shape index (κ3) is 7.55. The Morgan fingerprint density at radius 2 is 1.62 bits per heavy atom. The van der Waals surface area contributed by atoms with Crippen molar-refractivity contribution in [3.63, 3.8) is 0 Å². The van der Waals surface area contributed by atoms with Gasteiger partial charge < -0.3 is 9.84 Å². The average Bonchev–Trinajstić information content (AvgIpc) is 3.41. The van der Waals surface area contributed by atoms with E-state index in [0.717, 1.165) is 38.0 Å². The number of aromatic nitrogens is 2. The molecule has 1 amide bonds. The standard InChI is InChI=1S/C32H43N5O2/c1-32(2,3)28-12-10-26(11-13-28)30-34-29(39-35-30)23-37-18-14-27(15-19-37)31(38)33-21-24-8-7-9-25(20-24)22-36-16-5-4-6-17-36/h7-13,20,27H,4-6,14-19,21-23H2,1-3H3,(H,33,38). The molecule has 7 heteroatoms. The fourth-order valence-electron chi connectivity index (χ4n) is 5.65. The largest absolute Gasteiger partial charge is 0.352 e. The van der Waals surface area contributed by atoms with Gasteiger partial charge in [-0.05, 0) is 74.0 Å². The zero-order chi connectivity index (χ0) is 27.2. The quantitative estimate of drug-likeness (QED) is 0.413. The zero-order valence-electron chi connectivity index (χ0n) is 23.8. The minimum atomic E-state index is 0.0531. The van der Waals surface area contributed by atoms with E-state index >= 15 is 0 Å². The van der Waals surface area contributed by atoms with Crippen molar-refractivity contribution >= 4 is 5.91 Å². The number of carbonyl (C=O) groups excluding carboxylic acids is 1. The number of nitrogens with one attached hydrogen (secondary N) is 1. The van der Waals surface area contributed by atoms with Gasteiger partial charge >= 0.3 is 0 Å². The highest BCUT2D eigenvalue weighted by atomic mass is 16.5. The average molecular weight is 530 g/mol. The number of nitrogens with zero attached hydrogens (tertiary/aromatic N) is 4. The smallest absolute Gasteiger partial charge is 0.241 e. The second-order valence-corrected chi connectivity index (χ2v) is 12.3. The second-order valence-electron chi connectivity index (χ2n) is 12.3. The predicted octanol–water partition coefficient (Wildman–Crippen LogP) is 5.55. The normalized spacial score (nSPS) is 17.8. The van der Waals surface area contributed by atoms with Crippen molar-refractivity contribution in [3.05, 3.63) is 71.1 Å². The van der Waals surface area contributed by atoms with Crippen LogP contribution in [0.2, 0.25) is 0 Å². The van der Waals surface area contributed by atoms with Crippen LogP contribution in [0.4, 0.5) is 0 Å². The predicted molar refractivity (Wildman–Crippen MR) is 154 cm³/mol. The molecule has 2 aliphatic rings. The number of benzene rings is 2. The van der Waals surface area contributed by atoms with Crippen LogP contribution < -0.4 is 5.32 Å². The SMILES string of the molecule is CC(C)(C)c1ccc(-c2noc(CN3CCC(C(=O)NCc4cccc(CN5CCCCC5)c4)CC3)n2)cc1. The summed E-state index contributed by atoms with van der Waals surface area (Å²) in [5.74, 6) is 1.46. The molecule has 2 aliphatic heterocycles. The van der Waals surface area contributed by atoms with Crippen LogP contribution in [0.5, 0.6) is 0 Å². The molecule has 2 aromatic carbocycles. The molecule has 0 radical (unpaired) electrons. The van der Waals surface area contributed by atoms with Crippen molar-refractivity contribution < 1.29 is 9.32 Å². The molecule has 1 aromatic heterocycles. The van der Waals surface area contributed by atoms with Crippen molar-refractivity contribution in [1.82, 2.24) is 25.3 Å². The van der Waals surface area contributed by atoms with Crippen LogP contribution >= 0.6 is 0 Å². The van der Waals surface area contributed by atoms with Crippen LogP contribution in [0, 0.1) is 5.92 Å². The number of amides is 1. The number of rotatable bonds is 8. The molecule has 0 saturated carbocycles. The Morgan fingerprint density at radius 3 is 2.33 bits per heavy atom. The molecule has 0 unspecified atom stereocenters. The molecular weight excluding hydrogens is 486 g/mol. The molecule has 3 heterocycles. The maximum Gasteiger partial charge on any atom is 0.241 e. The number of likely N-dealkylation sites (tertiary alicyclic amines) is 2. The fourth-order valence-corrected chi connectivity index (χ4v) is 5.65. The summed E-state index contributed by atoms with van der Waals surface area (Å²) in [7, 11) is 0. The van der Waals surface area contributed by atoms with E-state index in [0.29, 0.717) is 24.8 Å². The lowest BCUT2D eigenvalue weighted by Gasteiger charge is -2.30. The van der Waals surface area contributed by atoms with Crippen molar-refractivity contribution in [3.8, 4) is 11.4 Å². The van der Waals surface area contributed by atoms with Gasteiger partial charge in [0.1, 0.15) is 0 Å². The van der Waals surface area contributed by atoms with E-state index in [-0.39, 0.29) is 17.2 Å². The van der Waals surface area contributed by atoms with E-state index in [1.54, 1.807) is 0 Å². The van der Waals surface area contributed by atoms with E-state index in [4.69, 9.17) is 4.52 Å². The molecular formula is C32H43N5O2. The Kier molecular flexibility index (Phi) is 8.78. The molecule has 208 valence electrons. The molecule has 1 N–H and O–H groups in total. The highest BCUT2D eigenvalue weighted by molar-refractivity contribution is 5.78. The minimum absolute atomic E-state index is 0.0531. The van der Waals surface area contributed by atoms with Crippen molar-refractivity contribution in [2.24, 2.45) is 5.92 Å².